The molecule has 2 N–H and O–H groups in total. The van der Waals surface area contributed by atoms with Crippen molar-refractivity contribution in [2.24, 2.45) is 10.7 Å². The topological polar surface area (TPSA) is 58.7 Å². The molecule has 0 spiro atoms. The number of nitrogens with two attached hydrogens (primary N) is 1. The molecule has 1 heterocycles. The number of rotatable bonds is 2. The van der Waals surface area contributed by atoms with E-state index < -0.39 is 0 Å². The van der Waals surface area contributed by atoms with Crippen LogP contribution in [-0.2, 0) is 4.79 Å². The molecule has 0 aromatic heterocycles. The molecule has 1 amide bonds. The van der Waals surface area contributed by atoms with E-state index in [9.17, 15) is 4.79 Å². The summed E-state index contributed by atoms with van der Waals surface area (Å²) >= 11 is 3.25. The van der Waals surface area contributed by atoms with Crippen LogP contribution in [0, 0.1) is 0 Å². The lowest BCUT2D eigenvalue weighted by atomic mass is 10.4. The van der Waals surface area contributed by atoms with Gasteiger partial charge in [0.15, 0.2) is 0 Å². The smallest absolute Gasteiger partial charge is 0.236 e. The fourth-order valence-corrected chi connectivity index (χ4v) is 1.15. The highest BCUT2D eigenvalue weighted by Gasteiger charge is 2.10. The van der Waals surface area contributed by atoms with Gasteiger partial charge in [-0.25, -0.2) is 0 Å². The molecule has 1 aliphatic heterocycles. The zero-order valence-electron chi connectivity index (χ0n) is 5.83. The Morgan fingerprint density at radius 1 is 1.91 bits per heavy atom. The lowest BCUT2D eigenvalue weighted by Gasteiger charge is -2.21. The van der Waals surface area contributed by atoms with Gasteiger partial charge < -0.3 is 10.6 Å². The van der Waals surface area contributed by atoms with Crippen LogP contribution in [0.4, 0.5) is 0 Å². The van der Waals surface area contributed by atoms with E-state index in [4.69, 9.17) is 5.73 Å². The lowest BCUT2D eigenvalue weighted by molar-refractivity contribution is -0.118. The Morgan fingerprint density at radius 3 is 3.18 bits per heavy atom. The third-order valence-corrected chi connectivity index (χ3v) is 1.94. The number of carbonyl (C=O) groups is 1. The summed E-state index contributed by atoms with van der Waals surface area (Å²) in [7, 11) is 0. The van der Waals surface area contributed by atoms with Gasteiger partial charge in [0.2, 0.25) is 5.91 Å². The van der Waals surface area contributed by atoms with Crippen molar-refractivity contribution in [3.05, 3.63) is 10.8 Å². The molecule has 1 rings (SSSR count). The summed E-state index contributed by atoms with van der Waals surface area (Å²) in [5, 5.41) is 0. The Balaban J connectivity index is 2.54. The van der Waals surface area contributed by atoms with Gasteiger partial charge in [0, 0.05) is 6.21 Å². The zero-order chi connectivity index (χ0) is 8.27. The molecule has 0 atom stereocenters. The summed E-state index contributed by atoms with van der Waals surface area (Å²) in [6.45, 7) is 0.850. The molecule has 0 bridgehead atoms. The Morgan fingerprint density at radius 2 is 2.64 bits per heavy atom. The number of amides is 1. The van der Waals surface area contributed by atoms with Crippen molar-refractivity contribution < 1.29 is 4.79 Å². The molecule has 0 aliphatic carbocycles. The highest BCUT2D eigenvalue weighted by molar-refractivity contribution is 9.11. The first kappa shape index (κ1) is 8.26. The zero-order valence-corrected chi connectivity index (χ0v) is 7.41. The van der Waals surface area contributed by atoms with E-state index in [1.54, 1.807) is 17.3 Å². The SMILES string of the molecule is NC(=O)CN1CC=NC=C1Br. The van der Waals surface area contributed by atoms with Crippen molar-refractivity contribution in [1.82, 2.24) is 4.90 Å². The molecule has 0 aromatic rings. The van der Waals surface area contributed by atoms with Gasteiger partial charge in [-0.2, -0.15) is 0 Å². The van der Waals surface area contributed by atoms with Gasteiger partial charge >= 0.3 is 0 Å². The average Bonchev–Trinajstić information content (AvgIpc) is 1.93. The molecule has 4 nitrogen and oxygen atoms in total. The van der Waals surface area contributed by atoms with Gasteiger partial charge in [-0.1, -0.05) is 0 Å². The standard InChI is InChI=1S/C6H8BrN3O/c7-5-3-9-1-2-10(5)4-6(8)11/h1,3H,2,4H2,(H2,8,11). The van der Waals surface area contributed by atoms with Crippen molar-refractivity contribution >= 4 is 28.1 Å². The number of hydrogen-bond donors (Lipinski definition) is 1. The summed E-state index contributed by atoms with van der Waals surface area (Å²) in [6, 6.07) is 0. The fourth-order valence-electron chi connectivity index (χ4n) is 0.757. The molecule has 5 heteroatoms. The van der Waals surface area contributed by atoms with Gasteiger partial charge in [0.1, 0.15) is 0 Å². The van der Waals surface area contributed by atoms with Crippen LogP contribution in [0.15, 0.2) is 15.8 Å². The van der Waals surface area contributed by atoms with E-state index in [0.29, 0.717) is 6.54 Å². The molecular formula is C6H8BrN3O. The highest BCUT2D eigenvalue weighted by atomic mass is 79.9. The number of carbonyl (C=O) groups excluding carboxylic acids is 1. The molecule has 0 saturated heterocycles. The van der Waals surface area contributed by atoms with Gasteiger partial charge in [-0.15, -0.1) is 0 Å². The maximum Gasteiger partial charge on any atom is 0.236 e. The summed E-state index contributed by atoms with van der Waals surface area (Å²) in [4.78, 5) is 16.2. The monoisotopic (exact) mass is 217 g/mol. The van der Waals surface area contributed by atoms with Gasteiger partial charge in [0.05, 0.1) is 23.9 Å². The van der Waals surface area contributed by atoms with Crippen LogP contribution in [-0.4, -0.2) is 30.1 Å². The lowest BCUT2D eigenvalue weighted by Crippen LogP contribution is -2.34. The fraction of sp³-hybridized carbons (Fsp3) is 0.333. The molecule has 60 valence electrons. The number of hydrogen-bond acceptors (Lipinski definition) is 3. The Labute approximate surface area is 72.9 Å². The second kappa shape index (κ2) is 3.52. The largest absolute Gasteiger partial charge is 0.368 e. The summed E-state index contributed by atoms with van der Waals surface area (Å²) < 4.78 is 0.791. The van der Waals surface area contributed by atoms with Crippen LogP contribution in [0.2, 0.25) is 0 Å². The molecular weight excluding hydrogens is 210 g/mol. The molecule has 0 radical (unpaired) electrons. The first-order chi connectivity index (χ1) is 5.20. The van der Waals surface area contributed by atoms with Crippen molar-refractivity contribution in [2.45, 2.75) is 0 Å². The Kier molecular flexibility index (Phi) is 2.64. The number of primary amides is 1. The van der Waals surface area contributed by atoms with E-state index in [1.165, 1.54) is 0 Å². The van der Waals surface area contributed by atoms with E-state index in [0.717, 1.165) is 4.61 Å². The molecule has 1 aliphatic rings. The number of nitrogens with zero attached hydrogens (tertiary/aromatic N) is 2. The van der Waals surface area contributed by atoms with E-state index in [2.05, 4.69) is 20.9 Å². The summed E-state index contributed by atoms with van der Waals surface area (Å²) in [6.07, 6.45) is 3.35. The summed E-state index contributed by atoms with van der Waals surface area (Å²) in [5.74, 6) is -0.342. The minimum absolute atomic E-state index is 0.225. The van der Waals surface area contributed by atoms with Crippen LogP contribution in [0.25, 0.3) is 0 Å². The minimum Gasteiger partial charge on any atom is -0.368 e. The third kappa shape index (κ3) is 2.34. The van der Waals surface area contributed by atoms with Crippen LogP contribution in [0.3, 0.4) is 0 Å². The Bertz CT molecular complexity index is 224. The number of aliphatic imine (C=N–C) groups is 1. The average molecular weight is 218 g/mol. The van der Waals surface area contributed by atoms with Crippen molar-refractivity contribution in [3.63, 3.8) is 0 Å². The van der Waals surface area contributed by atoms with Gasteiger partial charge in [0.25, 0.3) is 0 Å². The minimum atomic E-state index is -0.342. The number of halogens is 1. The maximum absolute atomic E-state index is 10.5. The Hall–Kier alpha value is -0.840. The quantitative estimate of drug-likeness (QED) is 0.666. The van der Waals surface area contributed by atoms with E-state index in [-0.39, 0.29) is 12.5 Å². The predicted molar refractivity (Wildman–Crippen MR) is 46.3 cm³/mol. The second-order valence-corrected chi connectivity index (χ2v) is 2.94. The molecule has 11 heavy (non-hydrogen) atoms. The molecule has 0 unspecified atom stereocenters. The molecule has 0 aromatic carbocycles. The normalized spacial score (nSPS) is 16.5. The third-order valence-electron chi connectivity index (χ3n) is 1.24. The first-order valence-corrected chi connectivity index (χ1v) is 3.90. The maximum atomic E-state index is 10.5. The van der Waals surface area contributed by atoms with Crippen LogP contribution in [0.1, 0.15) is 0 Å². The van der Waals surface area contributed by atoms with Gasteiger partial charge in [-0.3, -0.25) is 9.79 Å². The predicted octanol–water partition coefficient (Wildman–Crippen LogP) is 0.0519. The van der Waals surface area contributed by atoms with E-state index >= 15 is 0 Å². The van der Waals surface area contributed by atoms with Crippen LogP contribution in [0.5, 0.6) is 0 Å². The molecule has 0 saturated carbocycles. The van der Waals surface area contributed by atoms with Crippen molar-refractivity contribution in [3.8, 4) is 0 Å². The highest BCUT2D eigenvalue weighted by Crippen LogP contribution is 2.13. The van der Waals surface area contributed by atoms with Crippen LogP contribution < -0.4 is 5.73 Å². The second-order valence-electron chi connectivity index (χ2n) is 2.13. The van der Waals surface area contributed by atoms with Crippen molar-refractivity contribution in [2.75, 3.05) is 13.1 Å². The van der Waals surface area contributed by atoms with Gasteiger partial charge in [-0.05, 0) is 15.9 Å². The molecule has 0 fully saturated rings. The summed E-state index contributed by atoms with van der Waals surface area (Å²) in [5.41, 5.74) is 5.01. The first-order valence-electron chi connectivity index (χ1n) is 3.10. The van der Waals surface area contributed by atoms with Crippen molar-refractivity contribution in [1.29, 1.82) is 0 Å². The van der Waals surface area contributed by atoms with E-state index in [1.807, 2.05) is 0 Å². The van der Waals surface area contributed by atoms with Crippen LogP contribution >= 0.6 is 15.9 Å².